The predicted molar refractivity (Wildman–Crippen MR) is 106 cm³/mol. The van der Waals surface area contributed by atoms with Gasteiger partial charge in [0.2, 0.25) is 0 Å². The third-order valence-electron chi connectivity index (χ3n) is 4.56. The fourth-order valence-corrected chi connectivity index (χ4v) is 3.56. The van der Waals surface area contributed by atoms with Crippen molar-refractivity contribution in [2.75, 3.05) is 6.61 Å². The Kier molecular flexibility index (Phi) is 6.02. The Balaban J connectivity index is 1.94. The molecule has 2 aromatic carbocycles. The Bertz CT molecular complexity index is 836. The van der Waals surface area contributed by atoms with Crippen LogP contribution in [0.2, 0.25) is 10.0 Å². The van der Waals surface area contributed by atoms with E-state index in [4.69, 9.17) is 23.2 Å². The van der Waals surface area contributed by atoms with Gasteiger partial charge in [-0.1, -0.05) is 54.4 Å². The summed E-state index contributed by atoms with van der Waals surface area (Å²) in [5.74, 6) is 0. The maximum absolute atomic E-state index is 9.38. The first-order valence-electron chi connectivity index (χ1n) is 8.48. The molecule has 5 heteroatoms. The normalized spacial score (nSPS) is 12.6. The lowest BCUT2D eigenvalue weighted by molar-refractivity contribution is 0.238. The second kappa shape index (κ2) is 8.24. The summed E-state index contributed by atoms with van der Waals surface area (Å²) in [5, 5.41) is 15.3. The van der Waals surface area contributed by atoms with Gasteiger partial charge < -0.3 is 15.0 Å². The van der Waals surface area contributed by atoms with Crippen molar-refractivity contribution in [3.63, 3.8) is 0 Å². The van der Waals surface area contributed by atoms with Crippen LogP contribution in [0.15, 0.2) is 48.7 Å². The van der Waals surface area contributed by atoms with E-state index in [9.17, 15) is 5.11 Å². The van der Waals surface area contributed by atoms with Crippen molar-refractivity contribution in [3.05, 3.63) is 69.8 Å². The van der Waals surface area contributed by atoms with Crippen molar-refractivity contribution < 1.29 is 5.11 Å². The third kappa shape index (κ3) is 4.01. The van der Waals surface area contributed by atoms with Crippen LogP contribution in [0.5, 0.6) is 0 Å². The molecule has 0 spiro atoms. The third-order valence-corrected chi connectivity index (χ3v) is 5.26. The second-order valence-corrected chi connectivity index (χ2v) is 6.98. The van der Waals surface area contributed by atoms with Crippen LogP contribution in [0, 0.1) is 0 Å². The molecule has 0 fully saturated rings. The van der Waals surface area contributed by atoms with Gasteiger partial charge in [0.1, 0.15) is 0 Å². The number of halogens is 2. The van der Waals surface area contributed by atoms with Crippen LogP contribution in [0.4, 0.5) is 0 Å². The minimum absolute atomic E-state index is 0.111. The number of aliphatic hydroxyl groups excluding tert-OH is 1. The molecule has 0 saturated carbocycles. The molecule has 3 rings (SSSR count). The zero-order valence-corrected chi connectivity index (χ0v) is 15.7. The molecular weight excluding hydrogens is 355 g/mol. The molecule has 1 heterocycles. The van der Waals surface area contributed by atoms with E-state index in [1.807, 2.05) is 30.3 Å². The summed E-state index contributed by atoms with van der Waals surface area (Å²) in [4.78, 5) is 0. The summed E-state index contributed by atoms with van der Waals surface area (Å²) in [6.07, 6.45) is 3.03. The van der Waals surface area contributed by atoms with Crippen molar-refractivity contribution in [2.24, 2.45) is 0 Å². The molecule has 1 atom stereocenters. The van der Waals surface area contributed by atoms with Gasteiger partial charge in [-0.15, -0.1) is 0 Å². The highest BCUT2D eigenvalue weighted by molar-refractivity contribution is 6.36. The zero-order chi connectivity index (χ0) is 17.8. The van der Waals surface area contributed by atoms with Crippen LogP contribution in [-0.4, -0.2) is 22.3 Å². The highest BCUT2D eigenvalue weighted by Gasteiger charge is 2.13. The molecule has 0 radical (unpaired) electrons. The van der Waals surface area contributed by atoms with E-state index in [0.717, 1.165) is 17.5 Å². The average Bonchev–Trinajstić information content (AvgIpc) is 2.97. The first-order valence-corrected chi connectivity index (χ1v) is 9.23. The van der Waals surface area contributed by atoms with E-state index in [0.29, 0.717) is 23.1 Å². The fourth-order valence-electron chi connectivity index (χ4n) is 3.04. The molecule has 2 N–H and O–H groups in total. The van der Waals surface area contributed by atoms with Crippen molar-refractivity contribution in [2.45, 2.75) is 32.5 Å². The van der Waals surface area contributed by atoms with Gasteiger partial charge in [0.25, 0.3) is 0 Å². The van der Waals surface area contributed by atoms with Gasteiger partial charge in [0, 0.05) is 45.3 Å². The van der Waals surface area contributed by atoms with Crippen LogP contribution in [-0.2, 0) is 13.1 Å². The maximum Gasteiger partial charge on any atom is 0.0584 e. The number of rotatable bonds is 7. The molecular formula is C20H22Cl2N2O. The molecule has 132 valence electrons. The first-order chi connectivity index (χ1) is 12.1. The van der Waals surface area contributed by atoms with E-state index in [-0.39, 0.29) is 12.6 Å². The predicted octanol–water partition coefficient (Wildman–Crippen LogP) is 4.86. The largest absolute Gasteiger partial charge is 0.395 e. The van der Waals surface area contributed by atoms with Crippen molar-refractivity contribution in [1.29, 1.82) is 0 Å². The Hall–Kier alpha value is -1.52. The second-order valence-electron chi connectivity index (χ2n) is 6.17. The van der Waals surface area contributed by atoms with Gasteiger partial charge >= 0.3 is 0 Å². The van der Waals surface area contributed by atoms with E-state index in [2.05, 4.69) is 35.1 Å². The van der Waals surface area contributed by atoms with E-state index in [1.54, 1.807) is 0 Å². The highest BCUT2D eigenvalue weighted by atomic mass is 35.5. The van der Waals surface area contributed by atoms with Gasteiger partial charge in [-0.2, -0.15) is 0 Å². The minimum atomic E-state index is 0.111. The monoisotopic (exact) mass is 376 g/mol. The molecule has 3 aromatic rings. The SMILES string of the molecule is CC[C@@H](CO)NCc1cn(Cc2c(Cl)cccc2Cl)c2ccccc12. The number of nitrogens with zero attached hydrogens (tertiary/aromatic N) is 1. The number of hydrogen-bond acceptors (Lipinski definition) is 2. The molecule has 0 bridgehead atoms. The Morgan fingerprint density at radius 3 is 2.48 bits per heavy atom. The summed E-state index contributed by atoms with van der Waals surface area (Å²) in [7, 11) is 0. The quantitative estimate of drug-likeness (QED) is 0.617. The standard InChI is InChI=1S/C20H22Cl2N2O/c1-2-15(13-25)23-10-14-11-24(20-9-4-3-6-16(14)20)12-17-18(21)7-5-8-19(17)22/h3-9,11,15,23,25H,2,10,12-13H2,1H3/t15-/m0/s1. The van der Waals surface area contributed by atoms with E-state index in [1.165, 1.54) is 10.9 Å². The molecule has 0 aliphatic rings. The van der Waals surface area contributed by atoms with Crippen LogP contribution < -0.4 is 5.32 Å². The van der Waals surface area contributed by atoms with Gasteiger partial charge in [-0.3, -0.25) is 0 Å². The van der Waals surface area contributed by atoms with Gasteiger partial charge in [-0.25, -0.2) is 0 Å². The number of nitrogens with one attached hydrogen (secondary N) is 1. The lowest BCUT2D eigenvalue weighted by atomic mass is 10.1. The summed E-state index contributed by atoms with van der Waals surface area (Å²) in [5.41, 5.74) is 3.27. The summed E-state index contributed by atoms with van der Waals surface area (Å²) in [6, 6.07) is 14.0. The first kappa shape index (κ1) is 18.3. The van der Waals surface area contributed by atoms with Crippen molar-refractivity contribution in [3.8, 4) is 0 Å². The van der Waals surface area contributed by atoms with Gasteiger partial charge in [0.05, 0.1) is 13.2 Å². The van der Waals surface area contributed by atoms with Crippen molar-refractivity contribution >= 4 is 34.1 Å². The van der Waals surface area contributed by atoms with E-state index < -0.39 is 0 Å². The molecule has 0 saturated heterocycles. The summed E-state index contributed by atoms with van der Waals surface area (Å²) in [6.45, 7) is 3.54. The van der Waals surface area contributed by atoms with Crippen LogP contribution in [0.25, 0.3) is 10.9 Å². The number of benzene rings is 2. The molecule has 0 amide bonds. The topological polar surface area (TPSA) is 37.2 Å². The summed E-state index contributed by atoms with van der Waals surface area (Å²) >= 11 is 12.7. The number of fused-ring (bicyclic) bond motifs is 1. The average molecular weight is 377 g/mol. The zero-order valence-electron chi connectivity index (χ0n) is 14.2. The molecule has 3 nitrogen and oxygen atoms in total. The Morgan fingerprint density at radius 2 is 1.80 bits per heavy atom. The fraction of sp³-hybridized carbons (Fsp3) is 0.300. The molecule has 25 heavy (non-hydrogen) atoms. The Labute approximate surface area is 158 Å². The Morgan fingerprint density at radius 1 is 1.08 bits per heavy atom. The molecule has 0 aliphatic carbocycles. The van der Waals surface area contributed by atoms with E-state index >= 15 is 0 Å². The molecule has 1 aromatic heterocycles. The number of para-hydroxylation sites is 1. The van der Waals surface area contributed by atoms with Gasteiger partial charge in [-0.05, 0) is 30.2 Å². The van der Waals surface area contributed by atoms with Crippen molar-refractivity contribution in [1.82, 2.24) is 9.88 Å². The number of hydrogen-bond donors (Lipinski definition) is 2. The number of aromatic nitrogens is 1. The lowest BCUT2D eigenvalue weighted by Gasteiger charge is -2.13. The smallest absolute Gasteiger partial charge is 0.0584 e. The van der Waals surface area contributed by atoms with Gasteiger partial charge in [0.15, 0.2) is 0 Å². The van der Waals surface area contributed by atoms with Crippen LogP contribution in [0.3, 0.4) is 0 Å². The van der Waals surface area contributed by atoms with Crippen LogP contribution in [0.1, 0.15) is 24.5 Å². The highest BCUT2D eigenvalue weighted by Crippen LogP contribution is 2.28. The minimum Gasteiger partial charge on any atom is -0.395 e. The summed E-state index contributed by atoms with van der Waals surface area (Å²) < 4.78 is 2.18. The maximum atomic E-state index is 9.38. The lowest BCUT2D eigenvalue weighted by Crippen LogP contribution is -2.31. The molecule has 0 aliphatic heterocycles. The molecule has 0 unspecified atom stereocenters. The number of aliphatic hydroxyl groups is 1. The van der Waals surface area contributed by atoms with Crippen LogP contribution >= 0.6 is 23.2 Å².